The maximum absolute atomic E-state index is 12.0. The topological polar surface area (TPSA) is 29.5 Å². The first kappa shape index (κ1) is 15.1. The van der Waals surface area contributed by atoms with Gasteiger partial charge in [0.2, 0.25) is 0 Å². The van der Waals surface area contributed by atoms with Crippen LogP contribution in [0.5, 0.6) is 0 Å². The molecule has 0 aromatic heterocycles. The average molecular weight is 267 g/mol. The molecule has 0 bridgehead atoms. The first-order chi connectivity index (χ1) is 8.08. The highest BCUT2D eigenvalue weighted by atomic mass is 28.3. The predicted octanol–water partition coefficient (Wildman–Crippen LogP) is 3.27. The molecule has 102 valence electrons. The van der Waals surface area contributed by atoms with Gasteiger partial charge in [0.1, 0.15) is 13.7 Å². The molecule has 0 saturated carbocycles. The van der Waals surface area contributed by atoms with Gasteiger partial charge in [-0.1, -0.05) is 25.6 Å². The molecule has 1 amide bonds. The fourth-order valence-electron chi connectivity index (χ4n) is 1.76. The Balaban J connectivity index is 2.70. The van der Waals surface area contributed by atoms with Crippen LogP contribution < -0.4 is 0 Å². The van der Waals surface area contributed by atoms with Gasteiger partial charge in [0.15, 0.2) is 0 Å². The number of rotatable bonds is 0. The van der Waals surface area contributed by atoms with Gasteiger partial charge in [-0.2, -0.15) is 0 Å². The molecule has 1 atom stereocenters. The molecule has 1 heterocycles. The first-order valence-electron chi connectivity index (χ1n) is 6.61. The molecule has 1 saturated heterocycles. The van der Waals surface area contributed by atoms with E-state index < -0.39 is 13.7 Å². The minimum atomic E-state index is -1.38. The molecule has 0 N–H and O–H groups in total. The third kappa shape index (κ3) is 5.13. The fourth-order valence-corrected chi connectivity index (χ4v) is 2.36. The van der Waals surface area contributed by atoms with Crippen molar-refractivity contribution in [3.63, 3.8) is 0 Å². The van der Waals surface area contributed by atoms with Gasteiger partial charge >= 0.3 is 6.09 Å². The van der Waals surface area contributed by atoms with E-state index in [9.17, 15) is 4.79 Å². The minimum absolute atomic E-state index is 0.0478. The maximum atomic E-state index is 12.0. The Kier molecular flexibility index (Phi) is 4.49. The Morgan fingerprint density at radius 3 is 2.44 bits per heavy atom. The molecule has 1 unspecified atom stereocenters. The van der Waals surface area contributed by atoms with Crippen molar-refractivity contribution in [2.24, 2.45) is 0 Å². The monoisotopic (exact) mass is 267 g/mol. The molecule has 1 rings (SSSR count). The summed E-state index contributed by atoms with van der Waals surface area (Å²) < 4.78 is 5.41. The summed E-state index contributed by atoms with van der Waals surface area (Å²) in [5, 5.41) is 0. The van der Waals surface area contributed by atoms with Crippen LogP contribution in [0, 0.1) is 11.5 Å². The van der Waals surface area contributed by atoms with Crippen LogP contribution in [0.4, 0.5) is 4.79 Å². The number of carbonyl (C=O) groups is 1. The van der Waals surface area contributed by atoms with Crippen molar-refractivity contribution in [1.29, 1.82) is 0 Å². The SMILES string of the molecule is CC(C)(C)OC(=O)N1CCCC1C#C[Si](C)(C)C. The molecule has 1 fully saturated rings. The normalized spacial score (nSPS) is 20.3. The van der Waals surface area contributed by atoms with Crippen molar-refractivity contribution in [3.8, 4) is 11.5 Å². The largest absolute Gasteiger partial charge is 0.444 e. The van der Waals surface area contributed by atoms with Crippen LogP contribution in [0.25, 0.3) is 0 Å². The second-order valence-electron chi connectivity index (χ2n) is 6.85. The molecular formula is C14H25NO2Si. The molecule has 1 aliphatic heterocycles. The van der Waals surface area contributed by atoms with Crippen LogP contribution in [0.1, 0.15) is 33.6 Å². The van der Waals surface area contributed by atoms with E-state index in [0.29, 0.717) is 0 Å². The third-order valence-electron chi connectivity index (χ3n) is 2.49. The van der Waals surface area contributed by atoms with E-state index in [-0.39, 0.29) is 12.1 Å². The number of hydrogen-bond donors (Lipinski definition) is 0. The predicted molar refractivity (Wildman–Crippen MR) is 77.1 cm³/mol. The Hall–Kier alpha value is -0.953. The molecule has 0 aliphatic carbocycles. The van der Waals surface area contributed by atoms with E-state index in [1.165, 1.54) is 0 Å². The highest BCUT2D eigenvalue weighted by Crippen LogP contribution is 2.20. The summed E-state index contributed by atoms with van der Waals surface area (Å²) in [4.78, 5) is 13.8. The molecule has 1 aliphatic rings. The van der Waals surface area contributed by atoms with Crippen LogP contribution in [-0.4, -0.2) is 37.3 Å². The zero-order valence-electron chi connectivity index (χ0n) is 12.5. The summed E-state index contributed by atoms with van der Waals surface area (Å²) in [5.74, 6) is 3.28. The van der Waals surface area contributed by atoms with E-state index in [4.69, 9.17) is 4.74 Å². The smallest absolute Gasteiger partial charge is 0.411 e. The van der Waals surface area contributed by atoms with Crippen LogP contribution in [0.15, 0.2) is 0 Å². The number of nitrogens with zero attached hydrogens (tertiary/aromatic N) is 1. The number of carbonyl (C=O) groups excluding carboxylic acids is 1. The summed E-state index contributed by atoms with van der Waals surface area (Å²) in [6.07, 6.45) is 1.76. The summed E-state index contributed by atoms with van der Waals surface area (Å²) in [7, 11) is -1.38. The molecule has 3 nitrogen and oxygen atoms in total. The highest BCUT2D eigenvalue weighted by molar-refractivity contribution is 6.83. The minimum Gasteiger partial charge on any atom is -0.444 e. The van der Waals surface area contributed by atoms with Crippen LogP contribution in [-0.2, 0) is 4.74 Å². The van der Waals surface area contributed by atoms with Crippen LogP contribution >= 0.6 is 0 Å². The van der Waals surface area contributed by atoms with E-state index in [0.717, 1.165) is 19.4 Å². The lowest BCUT2D eigenvalue weighted by molar-refractivity contribution is 0.0261. The Bertz CT molecular complexity index is 368. The lowest BCUT2D eigenvalue weighted by Crippen LogP contribution is -2.39. The summed E-state index contributed by atoms with van der Waals surface area (Å²) in [6.45, 7) is 13.1. The van der Waals surface area contributed by atoms with Crippen LogP contribution in [0.2, 0.25) is 19.6 Å². The van der Waals surface area contributed by atoms with E-state index in [1.807, 2.05) is 20.8 Å². The lowest BCUT2D eigenvalue weighted by Gasteiger charge is -2.26. The number of amides is 1. The Labute approximate surface area is 112 Å². The molecule has 0 spiro atoms. The summed E-state index contributed by atoms with van der Waals surface area (Å²) >= 11 is 0. The molecule has 0 radical (unpaired) electrons. The van der Waals surface area contributed by atoms with Gasteiger partial charge in [-0.15, -0.1) is 5.54 Å². The Morgan fingerprint density at radius 2 is 1.94 bits per heavy atom. The van der Waals surface area contributed by atoms with Crippen molar-refractivity contribution < 1.29 is 9.53 Å². The van der Waals surface area contributed by atoms with Gasteiger partial charge in [0.05, 0.1) is 6.04 Å². The molecule has 0 aromatic rings. The average Bonchev–Trinajstić information content (AvgIpc) is 2.58. The second-order valence-corrected chi connectivity index (χ2v) is 11.6. The highest BCUT2D eigenvalue weighted by Gasteiger charge is 2.31. The van der Waals surface area contributed by atoms with Gasteiger partial charge in [0, 0.05) is 6.54 Å². The summed E-state index contributed by atoms with van der Waals surface area (Å²) in [5.41, 5.74) is 2.92. The van der Waals surface area contributed by atoms with E-state index in [2.05, 4.69) is 31.1 Å². The maximum Gasteiger partial charge on any atom is 0.411 e. The lowest BCUT2D eigenvalue weighted by atomic mass is 10.2. The van der Waals surface area contributed by atoms with Crippen molar-refractivity contribution >= 4 is 14.2 Å². The van der Waals surface area contributed by atoms with Gasteiger partial charge in [-0.05, 0) is 33.6 Å². The van der Waals surface area contributed by atoms with Crippen molar-refractivity contribution in [1.82, 2.24) is 4.90 Å². The quantitative estimate of drug-likeness (QED) is 0.498. The Morgan fingerprint density at radius 1 is 1.33 bits per heavy atom. The molecular weight excluding hydrogens is 242 g/mol. The molecule has 0 aromatic carbocycles. The zero-order valence-corrected chi connectivity index (χ0v) is 13.5. The number of ether oxygens (including phenoxy) is 1. The van der Waals surface area contributed by atoms with Gasteiger partial charge in [-0.25, -0.2) is 4.79 Å². The number of likely N-dealkylation sites (tertiary alicyclic amines) is 1. The second kappa shape index (κ2) is 5.36. The molecule has 4 heteroatoms. The van der Waals surface area contributed by atoms with E-state index in [1.54, 1.807) is 4.90 Å². The van der Waals surface area contributed by atoms with Crippen molar-refractivity contribution in [2.75, 3.05) is 6.54 Å². The van der Waals surface area contributed by atoms with Crippen molar-refractivity contribution in [2.45, 2.75) is 64.9 Å². The van der Waals surface area contributed by atoms with Gasteiger partial charge < -0.3 is 4.74 Å². The molecule has 18 heavy (non-hydrogen) atoms. The van der Waals surface area contributed by atoms with Gasteiger partial charge in [0.25, 0.3) is 0 Å². The fraction of sp³-hybridized carbons (Fsp3) is 0.786. The first-order valence-corrected chi connectivity index (χ1v) is 10.1. The number of hydrogen-bond acceptors (Lipinski definition) is 2. The van der Waals surface area contributed by atoms with Gasteiger partial charge in [-0.3, -0.25) is 4.90 Å². The van der Waals surface area contributed by atoms with Crippen LogP contribution in [0.3, 0.4) is 0 Å². The standard InChI is InChI=1S/C14H25NO2Si/c1-14(2,3)17-13(16)15-10-7-8-12(15)9-11-18(4,5)6/h12H,7-8,10H2,1-6H3. The zero-order chi connectivity index (χ0) is 14.0. The summed E-state index contributed by atoms with van der Waals surface area (Å²) in [6, 6.07) is 0.0478. The van der Waals surface area contributed by atoms with Crippen molar-refractivity contribution in [3.05, 3.63) is 0 Å². The van der Waals surface area contributed by atoms with E-state index >= 15 is 0 Å². The third-order valence-corrected chi connectivity index (χ3v) is 3.39.